The van der Waals surface area contributed by atoms with Gasteiger partial charge in [-0.2, -0.15) is 5.10 Å². The van der Waals surface area contributed by atoms with Gasteiger partial charge in [0.2, 0.25) is 0 Å². The van der Waals surface area contributed by atoms with Crippen LogP contribution >= 0.6 is 0 Å². The Bertz CT molecular complexity index is 1320. The Morgan fingerprint density at radius 3 is 2.33 bits per heavy atom. The molecule has 0 aliphatic rings. The summed E-state index contributed by atoms with van der Waals surface area (Å²) < 4.78 is 15.7. The molecule has 13 heteroatoms. The number of nitrogens with zero attached hydrogens (tertiary/aromatic N) is 3. The SMILES string of the molecule is COc1cc(/C=N/NC(=O)COc2ccccc2[N+](=O)[O-])ccc1OC(=O)c1ccc([N+](=O)[O-])cc1. The van der Waals surface area contributed by atoms with E-state index in [1.165, 1.54) is 67.9 Å². The molecule has 0 saturated heterocycles. The Hall–Kier alpha value is -5.33. The average molecular weight is 494 g/mol. The molecule has 0 radical (unpaired) electrons. The van der Waals surface area contributed by atoms with Crippen LogP contribution in [0.5, 0.6) is 17.2 Å². The van der Waals surface area contributed by atoms with Crippen molar-refractivity contribution in [3.8, 4) is 17.2 Å². The van der Waals surface area contributed by atoms with E-state index in [9.17, 15) is 29.8 Å². The van der Waals surface area contributed by atoms with Gasteiger partial charge in [0, 0.05) is 18.2 Å². The van der Waals surface area contributed by atoms with Crippen molar-refractivity contribution < 1.29 is 33.6 Å². The molecule has 0 atom stereocenters. The second kappa shape index (κ2) is 11.7. The van der Waals surface area contributed by atoms with Crippen LogP contribution in [0, 0.1) is 20.2 Å². The van der Waals surface area contributed by atoms with Crippen LogP contribution < -0.4 is 19.6 Å². The van der Waals surface area contributed by atoms with Crippen LogP contribution in [0.4, 0.5) is 11.4 Å². The number of methoxy groups -OCH3 is 1. The van der Waals surface area contributed by atoms with Crippen molar-refractivity contribution >= 4 is 29.5 Å². The summed E-state index contributed by atoms with van der Waals surface area (Å²) in [6.45, 7) is -0.497. The lowest BCUT2D eigenvalue weighted by Gasteiger charge is -2.10. The lowest BCUT2D eigenvalue weighted by atomic mass is 10.2. The highest BCUT2D eigenvalue weighted by molar-refractivity contribution is 5.92. The molecule has 0 aliphatic carbocycles. The van der Waals surface area contributed by atoms with E-state index in [2.05, 4.69) is 10.5 Å². The summed E-state index contributed by atoms with van der Waals surface area (Å²) in [5.41, 5.74) is 2.40. The number of nitrogens with one attached hydrogen (secondary N) is 1. The number of amides is 1. The molecule has 0 heterocycles. The van der Waals surface area contributed by atoms with E-state index in [0.717, 1.165) is 0 Å². The molecule has 0 fully saturated rings. The fourth-order valence-electron chi connectivity index (χ4n) is 2.81. The lowest BCUT2D eigenvalue weighted by Crippen LogP contribution is -2.24. The normalized spacial score (nSPS) is 10.5. The first-order valence-corrected chi connectivity index (χ1v) is 10.1. The minimum absolute atomic E-state index is 0.0507. The van der Waals surface area contributed by atoms with Crippen LogP contribution in [-0.4, -0.2) is 41.7 Å². The van der Waals surface area contributed by atoms with E-state index in [1.54, 1.807) is 12.1 Å². The number of rotatable bonds is 10. The minimum atomic E-state index is -0.740. The van der Waals surface area contributed by atoms with Gasteiger partial charge in [0.25, 0.3) is 11.6 Å². The summed E-state index contributed by atoms with van der Waals surface area (Å²) in [6, 6.07) is 15.1. The zero-order valence-electron chi connectivity index (χ0n) is 18.7. The number of esters is 1. The number of hydrogen-bond acceptors (Lipinski definition) is 10. The third-order valence-corrected chi connectivity index (χ3v) is 4.53. The number of hydrogen-bond donors (Lipinski definition) is 1. The molecule has 13 nitrogen and oxygen atoms in total. The fraction of sp³-hybridized carbons (Fsp3) is 0.0870. The number of carbonyl (C=O) groups excluding carboxylic acids is 2. The van der Waals surface area contributed by atoms with Crippen molar-refractivity contribution in [1.29, 1.82) is 0 Å². The van der Waals surface area contributed by atoms with Gasteiger partial charge in [-0.1, -0.05) is 12.1 Å². The Morgan fingerprint density at radius 2 is 1.67 bits per heavy atom. The van der Waals surface area contributed by atoms with Crippen LogP contribution in [-0.2, 0) is 4.79 Å². The number of benzene rings is 3. The molecular formula is C23H18N4O9. The fourth-order valence-corrected chi connectivity index (χ4v) is 2.81. The van der Waals surface area contributed by atoms with Gasteiger partial charge in [0.15, 0.2) is 23.9 Å². The maximum absolute atomic E-state index is 12.3. The molecule has 0 unspecified atom stereocenters. The van der Waals surface area contributed by atoms with Gasteiger partial charge in [-0.25, -0.2) is 10.2 Å². The maximum Gasteiger partial charge on any atom is 0.343 e. The Balaban J connectivity index is 1.58. The Labute approximate surface area is 203 Å². The third-order valence-electron chi connectivity index (χ3n) is 4.53. The number of nitro groups is 2. The van der Waals surface area contributed by atoms with Gasteiger partial charge in [-0.05, 0) is 42.0 Å². The molecule has 3 rings (SSSR count). The van der Waals surface area contributed by atoms with Crippen molar-refractivity contribution in [3.63, 3.8) is 0 Å². The van der Waals surface area contributed by atoms with E-state index in [1.807, 2.05) is 0 Å². The number of para-hydroxylation sites is 2. The molecular weight excluding hydrogens is 476 g/mol. The molecule has 0 spiro atoms. The number of nitro benzene ring substituents is 2. The predicted octanol–water partition coefficient (Wildman–Crippen LogP) is 3.26. The van der Waals surface area contributed by atoms with Gasteiger partial charge in [-0.15, -0.1) is 0 Å². The molecule has 184 valence electrons. The zero-order chi connectivity index (χ0) is 26.1. The number of hydrazone groups is 1. The first-order valence-electron chi connectivity index (χ1n) is 10.1. The molecule has 3 aromatic rings. The molecule has 1 amide bonds. The Kier molecular flexibility index (Phi) is 8.22. The van der Waals surface area contributed by atoms with E-state index < -0.39 is 28.3 Å². The maximum atomic E-state index is 12.3. The molecule has 0 bridgehead atoms. The van der Waals surface area contributed by atoms with E-state index in [-0.39, 0.29) is 34.2 Å². The lowest BCUT2D eigenvalue weighted by molar-refractivity contribution is -0.385. The van der Waals surface area contributed by atoms with Crippen molar-refractivity contribution in [3.05, 3.63) is 98.1 Å². The zero-order valence-corrected chi connectivity index (χ0v) is 18.7. The largest absolute Gasteiger partial charge is 0.493 e. The third kappa shape index (κ3) is 6.60. The number of ether oxygens (including phenoxy) is 3. The van der Waals surface area contributed by atoms with Gasteiger partial charge in [0.05, 0.1) is 28.7 Å². The highest BCUT2D eigenvalue weighted by Crippen LogP contribution is 2.29. The van der Waals surface area contributed by atoms with Crippen LogP contribution in [0.2, 0.25) is 0 Å². The van der Waals surface area contributed by atoms with Crippen LogP contribution in [0.3, 0.4) is 0 Å². The minimum Gasteiger partial charge on any atom is -0.493 e. The average Bonchev–Trinajstić information content (AvgIpc) is 2.88. The first-order chi connectivity index (χ1) is 17.3. The van der Waals surface area contributed by atoms with Crippen molar-refractivity contribution in [2.75, 3.05) is 13.7 Å². The van der Waals surface area contributed by atoms with E-state index in [0.29, 0.717) is 5.56 Å². The summed E-state index contributed by atoms with van der Waals surface area (Å²) >= 11 is 0. The topological polar surface area (TPSA) is 172 Å². The van der Waals surface area contributed by atoms with Crippen molar-refractivity contribution in [2.24, 2.45) is 5.10 Å². The quantitative estimate of drug-likeness (QED) is 0.146. The van der Waals surface area contributed by atoms with E-state index >= 15 is 0 Å². The van der Waals surface area contributed by atoms with E-state index in [4.69, 9.17) is 14.2 Å². The van der Waals surface area contributed by atoms with Gasteiger partial charge >= 0.3 is 11.7 Å². The highest BCUT2D eigenvalue weighted by Gasteiger charge is 2.16. The summed E-state index contributed by atoms with van der Waals surface area (Å²) in [4.78, 5) is 44.8. The molecule has 0 aliphatic heterocycles. The molecule has 0 saturated carbocycles. The Morgan fingerprint density at radius 1 is 0.944 bits per heavy atom. The smallest absolute Gasteiger partial charge is 0.343 e. The van der Waals surface area contributed by atoms with Crippen LogP contribution in [0.15, 0.2) is 71.8 Å². The summed E-state index contributed by atoms with van der Waals surface area (Å²) in [7, 11) is 1.36. The van der Waals surface area contributed by atoms with Gasteiger partial charge in [0.1, 0.15) is 0 Å². The molecule has 0 aromatic heterocycles. The monoisotopic (exact) mass is 494 g/mol. The van der Waals surface area contributed by atoms with Crippen molar-refractivity contribution in [2.45, 2.75) is 0 Å². The highest BCUT2D eigenvalue weighted by atomic mass is 16.6. The second-order valence-electron chi connectivity index (χ2n) is 6.91. The molecule has 1 N–H and O–H groups in total. The van der Waals surface area contributed by atoms with Crippen LogP contribution in [0.25, 0.3) is 0 Å². The van der Waals surface area contributed by atoms with Crippen LogP contribution in [0.1, 0.15) is 15.9 Å². The van der Waals surface area contributed by atoms with Gasteiger partial charge in [-0.3, -0.25) is 25.0 Å². The standard InChI is InChI=1S/C23H18N4O9/c1-34-21-12-15(6-11-20(21)36-23(29)16-7-9-17(10-8-16)26(30)31)13-24-25-22(28)14-35-19-5-3-2-4-18(19)27(32)33/h2-13H,14H2,1H3,(H,25,28)/b24-13+. The molecule has 3 aromatic carbocycles. The number of carbonyl (C=O) groups is 2. The number of non-ortho nitro benzene ring substituents is 1. The molecule has 36 heavy (non-hydrogen) atoms. The van der Waals surface area contributed by atoms with Gasteiger partial charge < -0.3 is 14.2 Å². The van der Waals surface area contributed by atoms with Crippen molar-refractivity contribution in [1.82, 2.24) is 5.43 Å². The first kappa shape index (κ1) is 25.3. The summed E-state index contributed by atoms with van der Waals surface area (Å²) in [6.07, 6.45) is 1.30. The second-order valence-corrected chi connectivity index (χ2v) is 6.91. The summed E-state index contributed by atoms with van der Waals surface area (Å²) in [5.74, 6) is -1.15. The summed E-state index contributed by atoms with van der Waals surface area (Å²) in [5, 5.41) is 25.5. The predicted molar refractivity (Wildman–Crippen MR) is 125 cm³/mol.